The van der Waals surface area contributed by atoms with Gasteiger partial charge >= 0.3 is 0 Å². The molecular formula is C18H23FN2. The standard InChI is InChI=1S/C18H23FN2/c1-13-10-17(21(3)4)8-9-18(13)20-14(2)11-15-6-5-7-16(19)12-15/h5-10,12,14,20H,11H2,1-4H3. The molecule has 0 radical (unpaired) electrons. The zero-order valence-electron chi connectivity index (χ0n) is 13.2. The molecule has 112 valence electrons. The summed E-state index contributed by atoms with van der Waals surface area (Å²) >= 11 is 0. The van der Waals surface area contributed by atoms with Crippen LogP contribution in [0.15, 0.2) is 42.5 Å². The molecule has 2 aromatic rings. The third-order valence-corrected chi connectivity index (χ3v) is 3.56. The van der Waals surface area contributed by atoms with Crippen molar-refractivity contribution in [3.8, 4) is 0 Å². The van der Waals surface area contributed by atoms with Crippen molar-refractivity contribution in [3.05, 3.63) is 59.4 Å². The molecule has 2 nitrogen and oxygen atoms in total. The lowest BCUT2D eigenvalue weighted by Crippen LogP contribution is -2.19. The molecule has 0 fully saturated rings. The molecule has 2 aromatic carbocycles. The van der Waals surface area contributed by atoms with E-state index in [1.807, 2.05) is 20.2 Å². The topological polar surface area (TPSA) is 15.3 Å². The van der Waals surface area contributed by atoms with Crippen LogP contribution < -0.4 is 10.2 Å². The van der Waals surface area contributed by atoms with Crippen molar-refractivity contribution >= 4 is 11.4 Å². The highest BCUT2D eigenvalue weighted by Gasteiger charge is 2.07. The van der Waals surface area contributed by atoms with E-state index in [-0.39, 0.29) is 11.9 Å². The maximum atomic E-state index is 13.2. The lowest BCUT2D eigenvalue weighted by molar-refractivity contribution is 0.624. The molecular weight excluding hydrogens is 263 g/mol. The second-order valence-corrected chi connectivity index (χ2v) is 5.77. The molecule has 0 heterocycles. The van der Waals surface area contributed by atoms with E-state index in [4.69, 9.17) is 0 Å². The second-order valence-electron chi connectivity index (χ2n) is 5.77. The zero-order valence-corrected chi connectivity index (χ0v) is 13.2. The maximum absolute atomic E-state index is 13.2. The summed E-state index contributed by atoms with van der Waals surface area (Å²) in [6.45, 7) is 4.22. The monoisotopic (exact) mass is 286 g/mol. The van der Waals surface area contributed by atoms with E-state index in [0.717, 1.165) is 17.7 Å². The van der Waals surface area contributed by atoms with Crippen LogP contribution in [0.2, 0.25) is 0 Å². The highest BCUT2D eigenvalue weighted by molar-refractivity contribution is 5.60. The van der Waals surface area contributed by atoms with Gasteiger partial charge in [0.2, 0.25) is 0 Å². The SMILES string of the molecule is Cc1cc(N(C)C)ccc1NC(C)Cc1cccc(F)c1. The Balaban J connectivity index is 2.04. The van der Waals surface area contributed by atoms with Crippen molar-refractivity contribution in [3.63, 3.8) is 0 Å². The van der Waals surface area contributed by atoms with Gasteiger partial charge in [-0.25, -0.2) is 4.39 Å². The molecule has 21 heavy (non-hydrogen) atoms. The molecule has 3 heteroatoms. The Labute approximate surface area is 126 Å². The van der Waals surface area contributed by atoms with E-state index in [2.05, 4.69) is 42.3 Å². The number of halogens is 1. The Morgan fingerprint density at radius 1 is 1.14 bits per heavy atom. The van der Waals surface area contributed by atoms with Crippen LogP contribution in [0, 0.1) is 12.7 Å². The lowest BCUT2D eigenvalue weighted by atomic mass is 10.1. The van der Waals surface area contributed by atoms with Crippen LogP contribution in [0.1, 0.15) is 18.1 Å². The van der Waals surface area contributed by atoms with Gasteiger partial charge in [-0.2, -0.15) is 0 Å². The number of aryl methyl sites for hydroxylation is 1. The summed E-state index contributed by atoms with van der Waals surface area (Å²) in [4.78, 5) is 2.09. The van der Waals surface area contributed by atoms with Gasteiger partial charge < -0.3 is 10.2 Å². The molecule has 1 unspecified atom stereocenters. The Hall–Kier alpha value is -2.03. The van der Waals surface area contributed by atoms with E-state index < -0.39 is 0 Å². The molecule has 0 bridgehead atoms. The van der Waals surface area contributed by atoms with Crippen molar-refractivity contribution in [2.45, 2.75) is 26.3 Å². The van der Waals surface area contributed by atoms with Gasteiger partial charge in [0.25, 0.3) is 0 Å². The second kappa shape index (κ2) is 6.61. The average Bonchev–Trinajstić information content (AvgIpc) is 2.40. The van der Waals surface area contributed by atoms with E-state index >= 15 is 0 Å². The number of benzene rings is 2. The van der Waals surface area contributed by atoms with Crippen LogP contribution in [-0.2, 0) is 6.42 Å². The van der Waals surface area contributed by atoms with Crippen molar-refractivity contribution in [2.75, 3.05) is 24.3 Å². The van der Waals surface area contributed by atoms with Gasteiger partial charge in [0, 0.05) is 31.5 Å². The maximum Gasteiger partial charge on any atom is 0.123 e. The fraction of sp³-hybridized carbons (Fsp3) is 0.333. The van der Waals surface area contributed by atoms with Crippen LogP contribution >= 0.6 is 0 Å². The number of rotatable bonds is 5. The normalized spacial score (nSPS) is 12.0. The Morgan fingerprint density at radius 3 is 2.52 bits per heavy atom. The first kappa shape index (κ1) is 15.4. The van der Waals surface area contributed by atoms with Gasteiger partial charge in [-0.1, -0.05) is 12.1 Å². The molecule has 2 rings (SSSR count). The Bertz CT molecular complexity index is 608. The van der Waals surface area contributed by atoms with Crippen molar-refractivity contribution < 1.29 is 4.39 Å². The van der Waals surface area contributed by atoms with Crippen LogP contribution in [0.5, 0.6) is 0 Å². The fourth-order valence-corrected chi connectivity index (χ4v) is 2.42. The van der Waals surface area contributed by atoms with Crippen LogP contribution in [0.25, 0.3) is 0 Å². The van der Waals surface area contributed by atoms with Gasteiger partial charge in [0.15, 0.2) is 0 Å². The number of anilines is 2. The van der Waals surface area contributed by atoms with E-state index in [1.54, 1.807) is 12.1 Å². The third-order valence-electron chi connectivity index (χ3n) is 3.56. The molecule has 0 saturated carbocycles. The molecule has 0 amide bonds. The highest BCUT2D eigenvalue weighted by Crippen LogP contribution is 2.22. The number of hydrogen-bond donors (Lipinski definition) is 1. The van der Waals surface area contributed by atoms with Gasteiger partial charge in [0.05, 0.1) is 0 Å². The molecule has 0 aliphatic heterocycles. The summed E-state index contributed by atoms with van der Waals surface area (Å²) in [5.41, 5.74) is 4.55. The largest absolute Gasteiger partial charge is 0.382 e. The van der Waals surface area contributed by atoms with Crippen molar-refractivity contribution in [1.82, 2.24) is 0 Å². The summed E-state index contributed by atoms with van der Waals surface area (Å²) in [6.07, 6.45) is 0.798. The lowest BCUT2D eigenvalue weighted by Gasteiger charge is -2.19. The Morgan fingerprint density at radius 2 is 1.90 bits per heavy atom. The average molecular weight is 286 g/mol. The minimum absolute atomic E-state index is 0.175. The number of nitrogens with zero attached hydrogens (tertiary/aromatic N) is 1. The van der Waals surface area contributed by atoms with Gasteiger partial charge in [-0.15, -0.1) is 0 Å². The Kier molecular flexibility index (Phi) is 4.84. The first-order chi connectivity index (χ1) is 9.95. The quantitative estimate of drug-likeness (QED) is 0.884. The van der Waals surface area contributed by atoms with E-state index in [1.165, 1.54) is 17.3 Å². The number of nitrogens with one attached hydrogen (secondary N) is 1. The van der Waals surface area contributed by atoms with Crippen molar-refractivity contribution in [2.24, 2.45) is 0 Å². The van der Waals surface area contributed by atoms with Crippen molar-refractivity contribution in [1.29, 1.82) is 0 Å². The highest BCUT2D eigenvalue weighted by atomic mass is 19.1. The van der Waals surface area contributed by atoms with Crippen LogP contribution in [0.3, 0.4) is 0 Å². The predicted octanol–water partition coefficient (Wildman–Crippen LogP) is 4.24. The predicted molar refractivity (Wildman–Crippen MR) is 88.7 cm³/mol. The fourth-order valence-electron chi connectivity index (χ4n) is 2.42. The zero-order chi connectivity index (χ0) is 15.4. The minimum atomic E-state index is -0.175. The van der Waals surface area contributed by atoms with E-state index in [0.29, 0.717) is 0 Å². The molecule has 1 N–H and O–H groups in total. The molecule has 1 atom stereocenters. The molecule has 0 aromatic heterocycles. The van der Waals surface area contributed by atoms with Gasteiger partial charge in [-0.05, 0) is 61.7 Å². The van der Waals surface area contributed by atoms with E-state index in [9.17, 15) is 4.39 Å². The minimum Gasteiger partial charge on any atom is -0.382 e. The summed E-state index contributed by atoms with van der Waals surface area (Å²) in [5, 5.41) is 3.50. The summed E-state index contributed by atoms with van der Waals surface area (Å²) in [6, 6.07) is 13.4. The van der Waals surface area contributed by atoms with Gasteiger partial charge in [0.1, 0.15) is 5.82 Å². The van der Waals surface area contributed by atoms with Gasteiger partial charge in [-0.3, -0.25) is 0 Å². The summed E-state index contributed by atoms with van der Waals surface area (Å²) < 4.78 is 13.2. The molecule has 0 aliphatic rings. The first-order valence-electron chi connectivity index (χ1n) is 7.24. The summed E-state index contributed by atoms with van der Waals surface area (Å²) in [7, 11) is 4.07. The molecule has 0 spiro atoms. The molecule has 0 saturated heterocycles. The first-order valence-corrected chi connectivity index (χ1v) is 7.24. The van der Waals surface area contributed by atoms with Crippen LogP contribution in [0.4, 0.5) is 15.8 Å². The number of hydrogen-bond acceptors (Lipinski definition) is 2. The van der Waals surface area contributed by atoms with Crippen LogP contribution in [-0.4, -0.2) is 20.1 Å². The smallest absolute Gasteiger partial charge is 0.123 e. The third kappa shape index (κ3) is 4.22. The molecule has 0 aliphatic carbocycles. The summed E-state index contributed by atoms with van der Waals surface area (Å²) in [5.74, 6) is -0.175.